The maximum atomic E-state index is 8.91. The van der Waals surface area contributed by atoms with Crippen LogP contribution in [0.3, 0.4) is 0 Å². The van der Waals surface area contributed by atoms with E-state index in [1.807, 2.05) is 0 Å². The van der Waals surface area contributed by atoms with Crippen molar-refractivity contribution in [1.82, 2.24) is 0 Å². The van der Waals surface area contributed by atoms with Crippen molar-refractivity contribution in [2.75, 3.05) is 6.61 Å². The summed E-state index contributed by atoms with van der Waals surface area (Å²) in [6.07, 6.45) is 4.18. The fraction of sp³-hybridized carbons (Fsp3) is 0.375. The Kier molecular flexibility index (Phi) is 13.2. The Morgan fingerprint density at radius 2 is 1.63 bits per heavy atom. The van der Waals surface area contributed by atoms with Crippen LogP contribution in [0.1, 0.15) is 25.7 Å². The van der Waals surface area contributed by atoms with Crippen LogP contribution in [-0.2, 0) is 0 Å². The smallest absolute Gasteiger partial charge is 0.138 e. The fourth-order valence-corrected chi connectivity index (χ4v) is 1.05. The first kappa shape index (κ1) is 17.4. The largest absolute Gasteiger partial charge is 0.393 e. The Morgan fingerprint density at radius 1 is 1.00 bits per heavy atom. The van der Waals surface area contributed by atoms with E-state index in [4.69, 9.17) is 10.2 Å². The maximum absolute atomic E-state index is 8.91. The predicted octanol–water partition coefficient (Wildman–Crippen LogP) is 1.82. The molecule has 0 aliphatic heterocycles. The minimum absolute atomic E-state index is 0.359. The average Bonchev–Trinajstić information content (AvgIpc) is 2.43. The first-order valence-electron chi connectivity index (χ1n) is 5.82. The third-order valence-electron chi connectivity index (χ3n) is 1.79. The molecule has 0 unspecified atom stereocenters. The molecule has 1 atom stereocenters. The molecule has 0 aliphatic rings. The standard InChI is InChI=1S/C16H15BrO2/c17-14-12-10-8-6-4-2-1-3-5-7-9-11-13-16(19)15-18/h12,14,16,18-19H,1-3,5,15H2/t16-/m1/s1. The van der Waals surface area contributed by atoms with Crippen LogP contribution < -0.4 is 0 Å². The molecule has 0 saturated carbocycles. The average molecular weight is 319 g/mol. The van der Waals surface area contributed by atoms with Crippen LogP contribution in [0.15, 0.2) is 11.1 Å². The summed E-state index contributed by atoms with van der Waals surface area (Å²) < 4.78 is 0. The highest BCUT2D eigenvalue weighted by Crippen LogP contribution is 1.96. The van der Waals surface area contributed by atoms with Gasteiger partial charge in [0.05, 0.1) is 6.61 Å². The molecule has 0 aromatic carbocycles. The Morgan fingerprint density at radius 3 is 2.21 bits per heavy atom. The molecule has 0 rings (SSSR count). The van der Waals surface area contributed by atoms with Gasteiger partial charge in [0.2, 0.25) is 0 Å². The molecule has 0 radical (unpaired) electrons. The van der Waals surface area contributed by atoms with E-state index in [9.17, 15) is 0 Å². The zero-order valence-electron chi connectivity index (χ0n) is 10.5. The summed E-state index contributed by atoms with van der Waals surface area (Å²) in [6, 6.07) is 0. The van der Waals surface area contributed by atoms with Crippen LogP contribution in [0.5, 0.6) is 0 Å². The Balaban J connectivity index is 3.64. The summed E-state index contributed by atoms with van der Waals surface area (Å²) in [5.74, 6) is 21.6. The first-order valence-corrected chi connectivity index (χ1v) is 6.73. The normalized spacial score (nSPS) is 9.84. The van der Waals surface area contributed by atoms with Crippen LogP contribution in [0.2, 0.25) is 0 Å². The summed E-state index contributed by atoms with van der Waals surface area (Å²) in [5, 5.41) is 17.4. The third-order valence-corrected chi connectivity index (χ3v) is 2.05. The second-order valence-electron chi connectivity index (χ2n) is 3.34. The monoisotopic (exact) mass is 318 g/mol. The van der Waals surface area contributed by atoms with Gasteiger partial charge in [0.15, 0.2) is 0 Å². The lowest BCUT2D eigenvalue weighted by molar-refractivity contribution is 0.138. The highest BCUT2D eigenvalue weighted by atomic mass is 79.9. The highest BCUT2D eigenvalue weighted by molar-refractivity contribution is 9.11. The molecule has 0 amide bonds. The van der Waals surface area contributed by atoms with E-state index in [1.165, 1.54) is 0 Å². The van der Waals surface area contributed by atoms with Gasteiger partial charge in [-0.15, -0.1) is 0 Å². The molecule has 3 heteroatoms. The van der Waals surface area contributed by atoms with Crippen LogP contribution in [-0.4, -0.2) is 22.9 Å². The molecule has 0 saturated heterocycles. The minimum atomic E-state index is -0.995. The molecular formula is C16H15BrO2. The van der Waals surface area contributed by atoms with Gasteiger partial charge in [-0.1, -0.05) is 39.6 Å². The minimum Gasteiger partial charge on any atom is -0.393 e. The SMILES string of the molecule is OC[C@H](O)C#CC#CCCCCC#CC#CC=CBr. The lowest BCUT2D eigenvalue weighted by atomic mass is 10.2. The van der Waals surface area contributed by atoms with E-state index < -0.39 is 6.10 Å². The van der Waals surface area contributed by atoms with Gasteiger partial charge in [0.25, 0.3) is 0 Å². The summed E-state index contributed by atoms with van der Waals surface area (Å²) >= 11 is 3.11. The van der Waals surface area contributed by atoms with Crippen LogP contribution in [0.25, 0.3) is 0 Å². The van der Waals surface area contributed by atoms with E-state index in [1.54, 1.807) is 11.1 Å². The van der Waals surface area contributed by atoms with Crippen molar-refractivity contribution in [3.05, 3.63) is 11.1 Å². The zero-order chi connectivity index (χ0) is 14.2. The Bertz CT molecular complexity index is 504. The molecule has 2 nitrogen and oxygen atoms in total. The lowest BCUT2D eigenvalue weighted by Gasteiger charge is -1.91. The summed E-state index contributed by atoms with van der Waals surface area (Å²) in [7, 11) is 0. The van der Waals surface area contributed by atoms with E-state index in [2.05, 4.69) is 63.3 Å². The second kappa shape index (κ2) is 14.4. The van der Waals surface area contributed by atoms with Gasteiger partial charge in [0, 0.05) is 12.8 Å². The van der Waals surface area contributed by atoms with Crippen molar-refractivity contribution in [2.45, 2.75) is 31.8 Å². The van der Waals surface area contributed by atoms with Crippen molar-refractivity contribution in [3.8, 4) is 47.4 Å². The molecule has 0 fully saturated rings. The van der Waals surface area contributed by atoms with E-state index in [-0.39, 0.29) is 6.61 Å². The molecule has 19 heavy (non-hydrogen) atoms. The third kappa shape index (κ3) is 14.3. The van der Waals surface area contributed by atoms with Crippen LogP contribution in [0, 0.1) is 47.4 Å². The van der Waals surface area contributed by atoms with Crippen molar-refractivity contribution in [3.63, 3.8) is 0 Å². The molecule has 2 N–H and O–H groups in total. The number of allylic oxidation sites excluding steroid dienone is 1. The van der Waals surface area contributed by atoms with Gasteiger partial charge >= 0.3 is 0 Å². The van der Waals surface area contributed by atoms with Gasteiger partial charge in [-0.3, -0.25) is 0 Å². The van der Waals surface area contributed by atoms with Crippen molar-refractivity contribution in [2.24, 2.45) is 0 Å². The summed E-state index contributed by atoms with van der Waals surface area (Å²) in [6.45, 7) is -0.359. The number of hydrogen-bond donors (Lipinski definition) is 2. The zero-order valence-corrected chi connectivity index (χ0v) is 12.1. The first-order chi connectivity index (χ1) is 9.31. The molecule has 0 bridgehead atoms. The van der Waals surface area contributed by atoms with Gasteiger partial charge in [-0.25, -0.2) is 0 Å². The predicted molar refractivity (Wildman–Crippen MR) is 80.7 cm³/mol. The summed E-state index contributed by atoms with van der Waals surface area (Å²) in [5.41, 5.74) is 0. The molecule has 0 aliphatic carbocycles. The van der Waals surface area contributed by atoms with Gasteiger partial charge < -0.3 is 10.2 Å². The number of rotatable bonds is 4. The van der Waals surface area contributed by atoms with E-state index >= 15 is 0 Å². The number of aliphatic hydroxyl groups is 2. The number of aliphatic hydroxyl groups excluding tert-OH is 2. The van der Waals surface area contributed by atoms with E-state index in [0.717, 1.165) is 25.7 Å². The molecular weight excluding hydrogens is 304 g/mol. The van der Waals surface area contributed by atoms with Crippen LogP contribution >= 0.6 is 15.9 Å². The molecule has 0 heterocycles. The van der Waals surface area contributed by atoms with Gasteiger partial charge in [-0.05, 0) is 47.6 Å². The number of hydrogen-bond acceptors (Lipinski definition) is 2. The van der Waals surface area contributed by atoms with E-state index in [0.29, 0.717) is 0 Å². The second-order valence-corrected chi connectivity index (χ2v) is 3.87. The highest BCUT2D eigenvalue weighted by Gasteiger charge is 1.90. The fourth-order valence-electron chi connectivity index (χ4n) is 0.914. The molecule has 98 valence electrons. The molecule has 0 aromatic rings. The Labute approximate surface area is 123 Å². The quantitative estimate of drug-likeness (QED) is 0.613. The lowest BCUT2D eigenvalue weighted by Crippen LogP contribution is -2.07. The van der Waals surface area contributed by atoms with Crippen molar-refractivity contribution < 1.29 is 10.2 Å². The number of unbranched alkanes of at least 4 members (excludes halogenated alkanes) is 3. The van der Waals surface area contributed by atoms with Gasteiger partial charge in [-0.2, -0.15) is 0 Å². The molecule has 0 aromatic heterocycles. The topological polar surface area (TPSA) is 40.5 Å². The summed E-state index contributed by atoms with van der Waals surface area (Å²) in [4.78, 5) is 1.68. The number of halogens is 1. The Hall–Kier alpha value is -1.62. The maximum Gasteiger partial charge on any atom is 0.138 e. The van der Waals surface area contributed by atoms with Gasteiger partial charge in [0.1, 0.15) is 6.10 Å². The van der Waals surface area contributed by atoms with Crippen LogP contribution in [0.4, 0.5) is 0 Å². The van der Waals surface area contributed by atoms with Crippen molar-refractivity contribution >= 4 is 15.9 Å². The molecule has 0 spiro atoms. The van der Waals surface area contributed by atoms with Crippen molar-refractivity contribution in [1.29, 1.82) is 0 Å².